The second-order valence-corrected chi connectivity index (χ2v) is 5.68. The smallest absolute Gasteiger partial charge is 0.199 e. The van der Waals surface area contributed by atoms with Crippen LogP contribution in [0.1, 0.15) is 19.0 Å². The first-order chi connectivity index (χ1) is 11.4. The summed E-state index contributed by atoms with van der Waals surface area (Å²) in [5, 5.41) is 31.0. The minimum absolute atomic E-state index is 0.367. The molecule has 1 aliphatic heterocycles. The molecule has 3 rings (SSSR count). The summed E-state index contributed by atoms with van der Waals surface area (Å²) in [4.78, 5) is 12.4. The molecule has 1 unspecified atom stereocenters. The Hall–Kier alpha value is -2.12. The van der Waals surface area contributed by atoms with Crippen LogP contribution in [-0.4, -0.2) is 65.4 Å². The van der Waals surface area contributed by atoms with E-state index >= 15 is 0 Å². The van der Waals surface area contributed by atoms with E-state index in [1.165, 1.54) is 24.0 Å². The number of aromatic nitrogens is 4. The maximum absolute atomic E-state index is 12.5. The Bertz CT molecular complexity index is 815. The van der Waals surface area contributed by atoms with Gasteiger partial charge in [-0.05, 0) is 13.8 Å². The normalized spacial score (nSPS) is 31.0. The van der Waals surface area contributed by atoms with Gasteiger partial charge >= 0.3 is 0 Å². The van der Waals surface area contributed by atoms with Crippen LogP contribution < -0.4 is 0 Å². The van der Waals surface area contributed by atoms with Crippen molar-refractivity contribution in [3.8, 4) is 11.8 Å². The molecular formula is C15H17FN4O4. The minimum Gasteiger partial charge on any atom is -0.391 e. The molecule has 1 fully saturated rings. The van der Waals surface area contributed by atoms with Crippen molar-refractivity contribution in [3.05, 3.63) is 18.3 Å². The van der Waals surface area contributed by atoms with Gasteiger partial charge in [0.1, 0.15) is 30.2 Å². The number of hydrogen-bond acceptors (Lipinski definition) is 7. The Morgan fingerprint density at radius 3 is 2.92 bits per heavy atom. The fourth-order valence-corrected chi connectivity index (χ4v) is 2.77. The van der Waals surface area contributed by atoms with E-state index in [2.05, 4.69) is 26.8 Å². The summed E-state index contributed by atoms with van der Waals surface area (Å²) in [6, 6.07) is 0. The first kappa shape index (κ1) is 16.7. The van der Waals surface area contributed by atoms with Crippen LogP contribution in [0.3, 0.4) is 0 Å². The van der Waals surface area contributed by atoms with E-state index < -0.39 is 36.8 Å². The molecule has 9 heteroatoms. The van der Waals surface area contributed by atoms with Crippen molar-refractivity contribution in [1.82, 2.24) is 19.5 Å². The van der Waals surface area contributed by atoms with Gasteiger partial charge in [0.25, 0.3) is 0 Å². The Kier molecular flexibility index (Phi) is 4.23. The average molecular weight is 336 g/mol. The molecule has 3 N–H and O–H groups in total. The molecule has 24 heavy (non-hydrogen) atoms. The van der Waals surface area contributed by atoms with Crippen molar-refractivity contribution in [1.29, 1.82) is 0 Å². The van der Waals surface area contributed by atoms with Crippen LogP contribution in [0.4, 0.5) is 4.39 Å². The van der Waals surface area contributed by atoms with Crippen LogP contribution in [-0.2, 0) is 4.74 Å². The Morgan fingerprint density at radius 1 is 1.50 bits per heavy atom. The molecule has 5 atom stereocenters. The predicted octanol–water partition coefficient (Wildman–Crippen LogP) is -0.522. The largest absolute Gasteiger partial charge is 0.391 e. The number of aryl methyl sites for hydroxylation is 1. The number of rotatable bonds is 2. The lowest BCUT2D eigenvalue weighted by atomic mass is 9.93. The van der Waals surface area contributed by atoms with Crippen molar-refractivity contribution in [2.45, 2.75) is 44.0 Å². The molecule has 0 aliphatic carbocycles. The van der Waals surface area contributed by atoms with Crippen molar-refractivity contribution < 1.29 is 24.4 Å². The summed E-state index contributed by atoms with van der Waals surface area (Å²) < 4.78 is 19.5. The van der Waals surface area contributed by atoms with E-state index in [-0.39, 0.29) is 0 Å². The van der Waals surface area contributed by atoms with Crippen molar-refractivity contribution in [3.63, 3.8) is 0 Å². The summed E-state index contributed by atoms with van der Waals surface area (Å²) in [5.41, 5.74) is -1.30. The van der Waals surface area contributed by atoms with Gasteiger partial charge in [0, 0.05) is 0 Å². The van der Waals surface area contributed by atoms with Gasteiger partial charge in [-0.25, -0.2) is 19.3 Å². The van der Waals surface area contributed by atoms with Gasteiger partial charge in [-0.2, -0.15) is 0 Å². The first-order valence-corrected chi connectivity index (χ1v) is 7.34. The summed E-state index contributed by atoms with van der Waals surface area (Å²) in [7, 11) is 0. The molecule has 128 valence electrons. The zero-order valence-corrected chi connectivity index (χ0v) is 13.1. The second kappa shape index (κ2) is 6.07. The molecule has 1 saturated heterocycles. The van der Waals surface area contributed by atoms with E-state index in [0.29, 0.717) is 17.0 Å². The average Bonchev–Trinajstić information content (AvgIpc) is 3.05. The minimum atomic E-state index is -2.12. The second-order valence-electron chi connectivity index (χ2n) is 5.68. The fourth-order valence-electron chi connectivity index (χ4n) is 2.77. The third kappa shape index (κ3) is 2.53. The number of ether oxygens (including phenoxy) is 1. The molecule has 2 aromatic heterocycles. The van der Waals surface area contributed by atoms with Crippen molar-refractivity contribution in [2.75, 3.05) is 6.67 Å². The molecule has 0 spiro atoms. The molecule has 0 bridgehead atoms. The van der Waals surface area contributed by atoms with Crippen LogP contribution in [0.25, 0.3) is 11.2 Å². The summed E-state index contributed by atoms with van der Waals surface area (Å²) in [6.45, 7) is 2.11. The van der Waals surface area contributed by atoms with E-state index in [4.69, 9.17) is 4.74 Å². The molecule has 1 aliphatic rings. The first-order valence-electron chi connectivity index (χ1n) is 7.34. The molecular weight excluding hydrogens is 319 g/mol. The predicted molar refractivity (Wildman–Crippen MR) is 80.4 cm³/mol. The lowest BCUT2D eigenvalue weighted by Crippen LogP contribution is -2.47. The number of alkyl halides is 1. The van der Waals surface area contributed by atoms with Gasteiger partial charge in [-0.15, -0.1) is 0 Å². The van der Waals surface area contributed by atoms with Crippen molar-refractivity contribution >= 4 is 11.2 Å². The molecule has 0 aromatic carbocycles. The summed E-state index contributed by atoms with van der Waals surface area (Å²) >= 11 is 0. The fraction of sp³-hybridized carbons (Fsp3) is 0.533. The maximum atomic E-state index is 12.5. The Morgan fingerprint density at radius 2 is 2.25 bits per heavy atom. The van der Waals surface area contributed by atoms with E-state index in [9.17, 15) is 19.7 Å². The molecule has 0 saturated carbocycles. The SMILES string of the molecule is Cc1ncc2ncn([C@@H]3O[C@H]([C@H](C)O)[C@H](O)C3(O)C#CCF)c2n1. The Labute approximate surface area is 136 Å². The molecule has 2 aromatic rings. The highest BCUT2D eigenvalue weighted by atomic mass is 19.1. The standard InChI is InChI=1S/C15H17FN4O4/c1-8(21)11-12(22)15(23,4-3-5-16)14(24-11)20-7-18-10-6-17-9(2)19-13(10)20/h6-8,11-12,14,21-23H,5H2,1-2H3/t8-,11+,12-,14+,15?/m0/s1. The highest BCUT2D eigenvalue weighted by Gasteiger charge is 2.57. The van der Waals surface area contributed by atoms with Crippen LogP contribution >= 0.6 is 0 Å². The monoisotopic (exact) mass is 336 g/mol. The van der Waals surface area contributed by atoms with Crippen LogP contribution in [0.15, 0.2) is 12.5 Å². The highest BCUT2D eigenvalue weighted by Crippen LogP contribution is 2.40. The number of fused-ring (bicyclic) bond motifs is 1. The quantitative estimate of drug-likeness (QED) is 0.632. The van der Waals surface area contributed by atoms with E-state index in [0.717, 1.165) is 0 Å². The van der Waals surface area contributed by atoms with Gasteiger partial charge in [-0.3, -0.25) is 4.57 Å². The molecule has 3 heterocycles. The van der Waals surface area contributed by atoms with Crippen LogP contribution in [0, 0.1) is 18.8 Å². The van der Waals surface area contributed by atoms with Crippen molar-refractivity contribution in [2.24, 2.45) is 0 Å². The van der Waals surface area contributed by atoms with Crippen LogP contribution in [0.5, 0.6) is 0 Å². The summed E-state index contributed by atoms with van der Waals surface area (Å²) in [5.74, 6) is 4.91. The number of hydrogen-bond donors (Lipinski definition) is 3. The third-order valence-electron chi connectivity index (χ3n) is 3.94. The van der Waals surface area contributed by atoms with Gasteiger partial charge in [0.2, 0.25) is 0 Å². The van der Waals surface area contributed by atoms with E-state index in [1.807, 2.05) is 0 Å². The number of aliphatic hydroxyl groups is 3. The lowest BCUT2D eigenvalue weighted by Gasteiger charge is -2.26. The number of imidazole rings is 1. The van der Waals surface area contributed by atoms with Crippen LogP contribution in [0.2, 0.25) is 0 Å². The topological polar surface area (TPSA) is 114 Å². The third-order valence-corrected chi connectivity index (χ3v) is 3.94. The molecule has 0 amide bonds. The van der Waals surface area contributed by atoms with Gasteiger partial charge in [0.15, 0.2) is 17.5 Å². The van der Waals surface area contributed by atoms with Gasteiger partial charge in [-0.1, -0.05) is 11.8 Å². The number of aliphatic hydroxyl groups excluding tert-OH is 2. The zero-order valence-electron chi connectivity index (χ0n) is 13.1. The number of halogens is 1. The molecule has 0 radical (unpaired) electrons. The zero-order chi connectivity index (χ0) is 17.5. The van der Waals surface area contributed by atoms with Gasteiger partial charge < -0.3 is 20.1 Å². The van der Waals surface area contributed by atoms with Gasteiger partial charge in [0.05, 0.1) is 18.6 Å². The lowest BCUT2D eigenvalue weighted by molar-refractivity contribution is -0.0847. The molecule has 8 nitrogen and oxygen atoms in total. The summed E-state index contributed by atoms with van der Waals surface area (Å²) in [6.07, 6.45) is -2.06. The van der Waals surface area contributed by atoms with E-state index in [1.54, 1.807) is 6.92 Å². The maximum Gasteiger partial charge on any atom is 0.199 e. The number of nitrogens with zero attached hydrogens (tertiary/aromatic N) is 4. The highest BCUT2D eigenvalue weighted by molar-refractivity contribution is 5.69. The Balaban J connectivity index is 2.13.